The number of para-hydroxylation sites is 1. The van der Waals surface area contributed by atoms with Crippen LogP contribution in [0.2, 0.25) is 10.0 Å². The molecule has 3 rings (SSSR count). The van der Waals surface area contributed by atoms with E-state index in [0.29, 0.717) is 29.7 Å². The van der Waals surface area contributed by atoms with Crippen molar-refractivity contribution in [3.05, 3.63) is 57.6 Å². The molecule has 1 unspecified atom stereocenters. The van der Waals surface area contributed by atoms with Gasteiger partial charge in [0.1, 0.15) is 13.2 Å². The molecule has 1 heterocycles. The van der Waals surface area contributed by atoms with E-state index in [9.17, 15) is 0 Å². The lowest BCUT2D eigenvalue weighted by atomic mass is 9.98. The van der Waals surface area contributed by atoms with Gasteiger partial charge in [0.15, 0.2) is 11.5 Å². The third-order valence-electron chi connectivity index (χ3n) is 3.44. The van der Waals surface area contributed by atoms with Crippen LogP contribution in [0.15, 0.2) is 36.4 Å². The minimum Gasteiger partial charge on any atom is -0.486 e. The second kappa shape index (κ2) is 6.14. The highest BCUT2D eigenvalue weighted by atomic mass is 35.5. The summed E-state index contributed by atoms with van der Waals surface area (Å²) >= 11 is 12.0. The molecule has 0 saturated carbocycles. The van der Waals surface area contributed by atoms with E-state index in [0.717, 1.165) is 22.6 Å². The van der Waals surface area contributed by atoms with Crippen molar-refractivity contribution in [2.45, 2.75) is 12.5 Å². The van der Waals surface area contributed by atoms with E-state index in [-0.39, 0.29) is 6.04 Å². The van der Waals surface area contributed by atoms with Gasteiger partial charge in [-0.1, -0.05) is 41.4 Å². The van der Waals surface area contributed by atoms with Gasteiger partial charge >= 0.3 is 0 Å². The van der Waals surface area contributed by atoms with Crippen LogP contribution in [0.5, 0.6) is 11.5 Å². The van der Waals surface area contributed by atoms with Gasteiger partial charge in [-0.3, -0.25) is 0 Å². The molecule has 2 aromatic rings. The molecular weight excluding hydrogens is 309 g/mol. The largest absolute Gasteiger partial charge is 0.486 e. The molecule has 3 nitrogen and oxygen atoms in total. The van der Waals surface area contributed by atoms with Crippen molar-refractivity contribution >= 4 is 23.2 Å². The first-order valence-corrected chi connectivity index (χ1v) is 7.49. The van der Waals surface area contributed by atoms with E-state index in [2.05, 4.69) is 0 Å². The molecule has 0 aromatic heterocycles. The molecule has 0 bridgehead atoms. The van der Waals surface area contributed by atoms with Crippen LogP contribution in [0.3, 0.4) is 0 Å². The van der Waals surface area contributed by atoms with Gasteiger partial charge in [0, 0.05) is 11.6 Å². The van der Waals surface area contributed by atoms with Gasteiger partial charge in [-0.25, -0.2) is 0 Å². The number of ether oxygens (including phenoxy) is 2. The maximum absolute atomic E-state index is 6.33. The molecule has 0 radical (unpaired) electrons. The van der Waals surface area contributed by atoms with E-state index in [4.69, 9.17) is 38.4 Å². The van der Waals surface area contributed by atoms with Gasteiger partial charge < -0.3 is 15.2 Å². The fraction of sp³-hybridized carbons (Fsp3) is 0.250. The predicted octanol–water partition coefficient (Wildman–Crippen LogP) is 4.01. The zero-order chi connectivity index (χ0) is 14.8. The molecular formula is C16H15Cl2NO2. The van der Waals surface area contributed by atoms with E-state index in [1.807, 2.05) is 30.3 Å². The Kier molecular flexibility index (Phi) is 4.24. The SMILES string of the molecule is NC(Cc1ccc(Cl)c(Cl)c1)c1cccc2c1OCCO2. The Bertz CT molecular complexity index is 661. The maximum atomic E-state index is 6.33. The second-order valence-corrected chi connectivity index (χ2v) is 5.74. The summed E-state index contributed by atoms with van der Waals surface area (Å²) in [5, 5.41) is 1.08. The number of nitrogens with two attached hydrogens (primary N) is 1. The Morgan fingerprint density at radius 2 is 1.86 bits per heavy atom. The number of hydrogen-bond acceptors (Lipinski definition) is 3. The minimum absolute atomic E-state index is 0.195. The van der Waals surface area contributed by atoms with E-state index in [1.165, 1.54) is 0 Å². The standard InChI is InChI=1S/C16H15Cl2NO2/c17-12-5-4-10(8-13(12)18)9-14(19)11-2-1-3-15-16(11)21-7-6-20-15/h1-5,8,14H,6-7,9,19H2. The molecule has 5 heteroatoms. The molecule has 0 aliphatic carbocycles. The zero-order valence-electron chi connectivity index (χ0n) is 11.3. The first-order chi connectivity index (χ1) is 10.1. The fourth-order valence-corrected chi connectivity index (χ4v) is 2.74. The molecule has 0 saturated heterocycles. The Labute approximate surface area is 133 Å². The van der Waals surface area contributed by atoms with E-state index in [1.54, 1.807) is 6.07 Å². The van der Waals surface area contributed by atoms with Crippen molar-refractivity contribution in [3.8, 4) is 11.5 Å². The molecule has 2 aromatic carbocycles. The molecule has 1 aliphatic rings. The Morgan fingerprint density at radius 3 is 2.67 bits per heavy atom. The van der Waals surface area contributed by atoms with Crippen LogP contribution in [0.1, 0.15) is 17.2 Å². The lowest BCUT2D eigenvalue weighted by Gasteiger charge is -2.23. The Balaban J connectivity index is 1.85. The number of halogens is 2. The summed E-state index contributed by atoms with van der Waals surface area (Å²) < 4.78 is 11.3. The van der Waals surface area contributed by atoms with Crippen LogP contribution in [0.25, 0.3) is 0 Å². The van der Waals surface area contributed by atoms with Crippen molar-refractivity contribution in [2.24, 2.45) is 5.73 Å². The van der Waals surface area contributed by atoms with Gasteiger partial charge in [-0.15, -0.1) is 0 Å². The monoisotopic (exact) mass is 323 g/mol. The van der Waals surface area contributed by atoms with Crippen LogP contribution >= 0.6 is 23.2 Å². The highest BCUT2D eigenvalue weighted by molar-refractivity contribution is 6.42. The predicted molar refractivity (Wildman–Crippen MR) is 84.5 cm³/mol. The Morgan fingerprint density at radius 1 is 1.05 bits per heavy atom. The van der Waals surface area contributed by atoms with Gasteiger partial charge in [-0.05, 0) is 30.2 Å². The second-order valence-electron chi connectivity index (χ2n) is 4.93. The molecule has 110 valence electrons. The average Bonchev–Trinajstić information content (AvgIpc) is 2.50. The summed E-state index contributed by atoms with van der Waals surface area (Å²) in [6.07, 6.45) is 0.650. The normalized spacial score (nSPS) is 14.8. The molecule has 1 atom stereocenters. The summed E-state index contributed by atoms with van der Waals surface area (Å²) in [6, 6.07) is 11.2. The molecule has 1 aliphatic heterocycles. The van der Waals surface area contributed by atoms with Crippen LogP contribution in [-0.4, -0.2) is 13.2 Å². The van der Waals surface area contributed by atoms with Crippen molar-refractivity contribution in [2.75, 3.05) is 13.2 Å². The van der Waals surface area contributed by atoms with E-state index < -0.39 is 0 Å². The maximum Gasteiger partial charge on any atom is 0.166 e. The van der Waals surface area contributed by atoms with Gasteiger partial charge in [-0.2, -0.15) is 0 Å². The van der Waals surface area contributed by atoms with Crippen molar-refractivity contribution in [1.29, 1.82) is 0 Å². The summed E-state index contributed by atoms with van der Waals surface area (Å²) in [6.45, 7) is 1.11. The highest BCUT2D eigenvalue weighted by Gasteiger charge is 2.20. The number of rotatable bonds is 3. The summed E-state index contributed by atoms with van der Waals surface area (Å²) in [5.74, 6) is 1.50. The summed E-state index contributed by atoms with van der Waals surface area (Å²) in [7, 11) is 0. The fourth-order valence-electron chi connectivity index (χ4n) is 2.42. The van der Waals surface area contributed by atoms with Gasteiger partial charge in [0.25, 0.3) is 0 Å². The van der Waals surface area contributed by atoms with E-state index >= 15 is 0 Å². The number of benzene rings is 2. The van der Waals surface area contributed by atoms with Crippen LogP contribution < -0.4 is 15.2 Å². The average molecular weight is 324 g/mol. The molecule has 0 amide bonds. The highest BCUT2D eigenvalue weighted by Crippen LogP contribution is 2.37. The van der Waals surface area contributed by atoms with Crippen LogP contribution in [0.4, 0.5) is 0 Å². The van der Waals surface area contributed by atoms with Crippen molar-refractivity contribution in [1.82, 2.24) is 0 Å². The third kappa shape index (κ3) is 3.10. The molecule has 2 N–H and O–H groups in total. The summed E-state index contributed by atoms with van der Waals surface area (Å²) in [5.41, 5.74) is 8.30. The lowest BCUT2D eigenvalue weighted by molar-refractivity contribution is 0.169. The number of hydrogen-bond donors (Lipinski definition) is 1. The molecule has 0 fully saturated rings. The first kappa shape index (κ1) is 14.5. The topological polar surface area (TPSA) is 44.5 Å². The van der Waals surface area contributed by atoms with Crippen molar-refractivity contribution < 1.29 is 9.47 Å². The van der Waals surface area contributed by atoms with Crippen LogP contribution in [0, 0.1) is 0 Å². The zero-order valence-corrected chi connectivity index (χ0v) is 12.8. The minimum atomic E-state index is -0.195. The Hall–Kier alpha value is -1.42. The third-order valence-corrected chi connectivity index (χ3v) is 4.17. The quantitative estimate of drug-likeness (QED) is 0.928. The first-order valence-electron chi connectivity index (χ1n) is 6.73. The van der Waals surface area contributed by atoms with Crippen LogP contribution in [-0.2, 0) is 6.42 Å². The smallest absolute Gasteiger partial charge is 0.166 e. The number of fused-ring (bicyclic) bond motifs is 1. The lowest BCUT2D eigenvalue weighted by Crippen LogP contribution is -2.20. The molecule has 0 spiro atoms. The molecule has 21 heavy (non-hydrogen) atoms. The van der Waals surface area contributed by atoms with Crippen molar-refractivity contribution in [3.63, 3.8) is 0 Å². The summed E-state index contributed by atoms with van der Waals surface area (Å²) in [4.78, 5) is 0. The van der Waals surface area contributed by atoms with Gasteiger partial charge in [0.05, 0.1) is 10.0 Å². The van der Waals surface area contributed by atoms with Gasteiger partial charge in [0.2, 0.25) is 0 Å².